The van der Waals surface area contributed by atoms with Gasteiger partial charge in [0.1, 0.15) is 0 Å². The van der Waals surface area contributed by atoms with Gasteiger partial charge in [-0.3, -0.25) is 9.80 Å². The molecule has 2 heteroatoms. The summed E-state index contributed by atoms with van der Waals surface area (Å²) in [5, 5.41) is 0. The first kappa shape index (κ1) is 24.2. The van der Waals surface area contributed by atoms with E-state index in [1.807, 2.05) is 0 Å². The van der Waals surface area contributed by atoms with Crippen LogP contribution in [-0.4, -0.2) is 49.1 Å². The number of hydrogen-bond donors (Lipinski definition) is 0. The fourth-order valence-corrected chi connectivity index (χ4v) is 3.21. The summed E-state index contributed by atoms with van der Waals surface area (Å²) < 4.78 is 0. The Morgan fingerprint density at radius 2 is 0.821 bits per heavy atom. The highest BCUT2D eigenvalue weighted by Gasteiger charge is 2.14. The van der Waals surface area contributed by atoms with Gasteiger partial charge in [-0.15, -0.1) is 36.5 Å². The standard InChI is InChI=1S/C26H38N2/c1-3-5-7-9-11-13-15-17-19-21-27-23-25-28(26-24-27)22-20-18-16-14-12-10-8-6-4-2/h1-2H,5-16,21-26H2. The molecule has 0 spiro atoms. The molecule has 1 aliphatic rings. The van der Waals surface area contributed by atoms with E-state index in [0.29, 0.717) is 0 Å². The average Bonchev–Trinajstić information content (AvgIpc) is 2.72. The maximum atomic E-state index is 5.26. The Bertz CT molecular complexity index is 522. The summed E-state index contributed by atoms with van der Waals surface area (Å²) in [6.07, 6.45) is 24.1. The SMILES string of the molecule is C#CCCCCCCC#CCN1CCN(CC#CCCCCCCC#C)CC1. The van der Waals surface area contributed by atoms with E-state index in [9.17, 15) is 0 Å². The Morgan fingerprint density at radius 1 is 0.464 bits per heavy atom. The molecule has 2 nitrogen and oxygen atoms in total. The van der Waals surface area contributed by atoms with E-state index in [1.165, 1.54) is 38.5 Å². The summed E-state index contributed by atoms with van der Waals surface area (Å²) in [5.41, 5.74) is 0. The molecule has 1 fully saturated rings. The molecule has 0 bridgehead atoms. The number of piperazine rings is 1. The van der Waals surface area contributed by atoms with Crippen LogP contribution in [0.2, 0.25) is 0 Å². The van der Waals surface area contributed by atoms with Gasteiger partial charge < -0.3 is 0 Å². The topological polar surface area (TPSA) is 6.48 Å². The fraction of sp³-hybridized carbons (Fsp3) is 0.692. The van der Waals surface area contributed by atoms with Crippen LogP contribution in [0.3, 0.4) is 0 Å². The summed E-state index contributed by atoms with van der Waals surface area (Å²) >= 11 is 0. The highest BCUT2D eigenvalue weighted by atomic mass is 15.2. The van der Waals surface area contributed by atoms with Crippen molar-refractivity contribution in [2.45, 2.75) is 77.0 Å². The molecule has 0 amide bonds. The van der Waals surface area contributed by atoms with Crippen LogP contribution in [0.5, 0.6) is 0 Å². The third-order valence-electron chi connectivity index (χ3n) is 5.07. The van der Waals surface area contributed by atoms with Gasteiger partial charge >= 0.3 is 0 Å². The number of nitrogens with zero attached hydrogens (tertiary/aromatic N) is 2. The minimum Gasteiger partial charge on any atom is -0.290 e. The van der Waals surface area contributed by atoms with E-state index in [2.05, 4.69) is 45.3 Å². The van der Waals surface area contributed by atoms with Crippen molar-refractivity contribution in [3.05, 3.63) is 0 Å². The molecule has 0 aromatic heterocycles. The summed E-state index contributed by atoms with van der Waals surface area (Å²) in [6.45, 7) is 6.26. The highest BCUT2D eigenvalue weighted by molar-refractivity contribution is 5.03. The third-order valence-corrected chi connectivity index (χ3v) is 5.07. The van der Waals surface area contributed by atoms with Gasteiger partial charge in [-0.05, 0) is 25.7 Å². The lowest BCUT2D eigenvalue weighted by atomic mass is 10.1. The molecular weight excluding hydrogens is 340 g/mol. The monoisotopic (exact) mass is 378 g/mol. The van der Waals surface area contributed by atoms with Gasteiger partial charge in [-0.1, -0.05) is 37.5 Å². The van der Waals surface area contributed by atoms with E-state index in [0.717, 1.165) is 77.8 Å². The Morgan fingerprint density at radius 3 is 1.18 bits per heavy atom. The van der Waals surface area contributed by atoms with Crippen molar-refractivity contribution in [1.82, 2.24) is 9.80 Å². The van der Waals surface area contributed by atoms with E-state index in [1.54, 1.807) is 0 Å². The van der Waals surface area contributed by atoms with E-state index < -0.39 is 0 Å². The minimum absolute atomic E-state index is 0.913. The second kappa shape index (κ2) is 18.5. The van der Waals surface area contributed by atoms with Crippen molar-refractivity contribution in [1.29, 1.82) is 0 Å². The van der Waals surface area contributed by atoms with Crippen LogP contribution in [0, 0.1) is 48.4 Å². The molecule has 0 aromatic rings. The Labute approximate surface area is 174 Å². The molecule has 0 aliphatic carbocycles. The molecule has 1 saturated heterocycles. The van der Waals surface area contributed by atoms with Crippen LogP contribution in [0.4, 0.5) is 0 Å². The predicted molar refractivity (Wildman–Crippen MR) is 122 cm³/mol. The van der Waals surface area contributed by atoms with Gasteiger partial charge in [0.2, 0.25) is 0 Å². The molecule has 28 heavy (non-hydrogen) atoms. The first-order valence-corrected chi connectivity index (χ1v) is 11.1. The number of terminal acetylenes is 2. The summed E-state index contributed by atoms with van der Waals surface area (Å²) in [6, 6.07) is 0. The summed E-state index contributed by atoms with van der Waals surface area (Å²) in [5.74, 6) is 18.7. The van der Waals surface area contributed by atoms with Gasteiger partial charge in [0.15, 0.2) is 0 Å². The fourth-order valence-electron chi connectivity index (χ4n) is 3.21. The summed E-state index contributed by atoms with van der Waals surface area (Å²) in [4.78, 5) is 4.92. The Kier molecular flexibility index (Phi) is 16.0. The second-order valence-corrected chi connectivity index (χ2v) is 7.50. The lowest BCUT2D eigenvalue weighted by molar-refractivity contribution is 0.157. The lowest BCUT2D eigenvalue weighted by Crippen LogP contribution is -2.46. The zero-order valence-corrected chi connectivity index (χ0v) is 17.8. The van der Waals surface area contributed by atoms with E-state index in [-0.39, 0.29) is 0 Å². The van der Waals surface area contributed by atoms with Crippen molar-refractivity contribution in [2.75, 3.05) is 39.3 Å². The Hall–Kier alpha value is -1.84. The maximum Gasteiger partial charge on any atom is 0.0602 e. The number of unbranched alkanes of at least 4 members (excludes halogenated alkanes) is 10. The van der Waals surface area contributed by atoms with Crippen LogP contribution < -0.4 is 0 Å². The first-order valence-electron chi connectivity index (χ1n) is 11.1. The lowest BCUT2D eigenvalue weighted by Gasteiger charge is -2.32. The van der Waals surface area contributed by atoms with Gasteiger partial charge in [0.05, 0.1) is 13.1 Å². The van der Waals surface area contributed by atoms with Crippen LogP contribution >= 0.6 is 0 Å². The van der Waals surface area contributed by atoms with Gasteiger partial charge in [-0.25, -0.2) is 0 Å². The molecule has 0 N–H and O–H groups in total. The van der Waals surface area contributed by atoms with Crippen molar-refractivity contribution < 1.29 is 0 Å². The second-order valence-electron chi connectivity index (χ2n) is 7.50. The van der Waals surface area contributed by atoms with Crippen molar-refractivity contribution in [2.24, 2.45) is 0 Å². The van der Waals surface area contributed by atoms with Gasteiger partial charge in [0, 0.05) is 51.9 Å². The van der Waals surface area contributed by atoms with Crippen LogP contribution in [0.1, 0.15) is 77.0 Å². The summed E-state index contributed by atoms with van der Waals surface area (Å²) in [7, 11) is 0. The highest BCUT2D eigenvalue weighted by Crippen LogP contribution is 2.05. The van der Waals surface area contributed by atoms with E-state index >= 15 is 0 Å². The maximum absolute atomic E-state index is 5.26. The van der Waals surface area contributed by atoms with Crippen molar-refractivity contribution >= 4 is 0 Å². The van der Waals surface area contributed by atoms with Gasteiger partial charge in [-0.2, -0.15) is 0 Å². The van der Waals surface area contributed by atoms with Crippen molar-refractivity contribution in [3.8, 4) is 48.4 Å². The molecule has 1 heterocycles. The zero-order chi connectivity index (χ0) is 20.1. The molecule has 0 radical (unpaired) electrons. The molecule has 1 rings (SSSR count). The quantitative estimate of drug-likeness (QED) is 0.363. The first-order chi connectivity index (χ1) is 13.9. The Balaban J connectivity index is 1.97. The normalized spacial score (nSPS) is 14.2. The number of rotatable bonds is 12. The molecule has 152 valence electrons. The van der Waals surface area contributed by atoms with Crippen LogP contribution in [0.25, 0.3) is 0 Å². The molecule has 0 saturated carbocycles. The average molecular weight is 379 g/mol. The van der Waals surface area contributed by atoms with Crippen molar-refractivity contribution in [3.63, 3.8) is 0 Å². The smallest absolute Gasteiger partial charge is 0.0602 e. The predicted octanol–water partition coefficient (Wildman–Crippen LogP) is 4.56. The largest absolute Gasteiger partial charge is 0.290 e. The molecule has 1 aliphatic heterocycles. The molecule has 0 aromatic carbocycles. The molecule has 0 unspecified atom stereocenters. The third kappa shape index (κ3) is 14.2. The number of hydrogen-bond acceptors (Lipinski definition) is 2. The molecular formula is C26H38N2. The molecule has 0 atom stereocenters. The van der Waals surface area contributed by atoms with Gasteiger partial charge in [0.25, 0.3) is 0 Å². The van der Waals surface area contributed by atoms with E-state index in [4.69, 9.17) is 12.8 Å². The van der Waals surface area contributed by atoms with Crippen LogP contribution in [-0.2, 0) is 0 Å². The van der Waals surface area contributed by atoms with Crippen LogP contribution in [0.15, 0.2) is 0 Å². The minimum atomic E-state index is 0.913. The zero-order valence-electron chi connectivity index (χ0n) is 17.8.